The van der Waals surface area contributed by atoms with Crippen molar-refractivity contribution in [1.29, 1.82) is 0 Å². The first-order valence-electron chi connectivity index (χ1n) is 9.29. The lowest BCUT2D eigenvalue weighted by molar-refractivity contribution is -0.111. The number of carbonyl (C=O) groups excluding carboxylic acids is 1. The zero-order valence-electron chi connectivity index (χ0n) is 16.2. The van der Waals surface area contributed by atoms with Crippen LogP contribution in [0.25, 0.3) is 6.08 Å². The van der Waals surface area contributed by atoms with E-state index in [0.717, 1.165) is 22.0 Å². The van der Waals surface area contributed by atoms with E-state index in [9.17, 15) is 4.79 Å². The highest BCUT2D eigenvalue weighted by Gasteiger charge is 2.15. The van der Waals surface area contributed by atoms with E-state index in [1.807, 2.05) is 36.6 Å². The number of aromatic nitrogens is 1. The summed E-state index contributed by atoms with van der Waals surface area (Å²) in [4.78, 5) is 16.6. The van der Waals surface area contributed by atoms with Crippen LogP contribution in [0.15, 0.2) is 47.9 Å². The largest absolute Gasteiger partial charge is 0.487 e. The van der Waals surface area contributed by atoms with Gasteiger partial charge in [0.25, 0.3) is 0 Å². The molecule has 0 unspecified atom stereocenters. The maximum atomic E-state index is 12.3. The SMILES string of the molecule is Cc1nc(COc2ccc(/C=C/C(=O)Nc3cc4c(cc3Cl)OCCO4)cc2)cs1. The number of thiazole rings is 1. The number of aryl methyl sites for hydroxylation is 1. The zero-order chi connectivity index (χ0) is 20.9. The molecule has 1 N–H and O–H groups in total. The van der Waals surface area contributed by atoms with Crippen LogP contribution in [0.5, 0.6) is 17.2 Å². The predicted octanol–water partition coefficient (Wildman–Crippen LogP) is 5.11. The van der Waals surface area contributed by atoms with Gasteiger partial charge in [-0.15, -0.1) is 11.3 Å². The Morgan fingerprint density at radius 2 is 1.97 bits per heavy atom. The number of halogens is 1. The molecule has 2 heterocycles. The monoisotopic (exact) mass is 442 g/mol. The Morgan fingerprint density at radius 1 is 1.23 bits per heavy atom. The van der Waals surface area contributed by atoms with E-state index in [1.165, 1.54) is 6.08 Å². The lowest BCUT2D eigenvalue weighted by atomic mass is 10.2. The summed E-state index contributed by atoms with van der Waals surface area (Å²) < 4.78 is 16.7. The van der Waals surface area contributed by atoms with Crippen LogP contribution in [0.2, 0.25) is 5.02 Å². The van der Waals surface area contributed by atoms with E-state index in [1.54, 1.807) is 29.5 Å². The van der Waals surface area contributed by atoms with Crippen LogP contribution in [0.1, 0.15) is 16.3 Å². The minimum Gasteiger partial charge on any atom is -0.487 e. The normalized spacial score (nSPS) is 12.7. The Labute approximate surface area is 183 Å². The average molecular weight is 443 g/mol. The van der Waals surface area contributed by atoms with Gasteiger partial charge < -0.3 is 19.5 Å². The number of nitrogens with one attached hydrogen (secondary N) is 1. The third-order valence-corrected chi connectivity index (χ3v) is 5.39. The van der Waals surface area contributed by atoms with Crippen molar-refractivity contribution < 1.29 is 19.0 Å². The molecule has 1 aliphatic rings. The molecule has 0 aliphatic carbocycles. The standard InChI is InChI=1S/C22H19ClN2O4S/c1-14-24-16(13-30-14)12-29-17-5-2-15(3-6-17)4-7-22(26)25-19-11-21-20(10-18(19)23)27-8-9-28-21/h2-7,10-11,13H,8-9,12H2,1H3,(H,25,26)/b7-4+. The number of ether oxygens (including phenoxy) is 3. The molecule has 1 aromatic heterocycles. The summed E-state index contributed by atoms with van der Waals surface area (Å²) in [6.45, 7) is 3.34. The first-order chi connectivity index (χ1) is 14.6. The van der Waals surface area contributed by atoms with Crippen LogP contribution >= 0.6 is 22.9 Å². The third-order valence-electron chi connectivity index (χ3n) is 4.25. The molecule has 6 nitrogen and oxygen atoms in total. The second kappa shape index (κ2) is 9.19. The molecule has 4 rings (SSSR count). The molecular formula is C22H19ClN2O4S. The van der Waals surface area contributed by atoms with E-state index in [2.05, 4.69) is 10.3 Å². The van der Waals surface area contributed by atoms with Gasteiger partial charge in [0.15, 0.2) is 11.5 Å². The summed E-state index contributed by atoms with van der Waals surface area (Å²) in [7, 11) is 0. The average Bonchev–Trinajstić information content (AvgIpc) is 3.17. The van der Waals surface area contributed by atoms with Crippen LogP contribution in [0.3, 0.4) is 0 Å². The van der Waals surface area contributed by atoms with Crippen molar-refractivity contribution in [2.24, 2.45) is 0 Å². The van der Waals surface area contributed by atoms with Crippen molar-refractivity contribution in [2.45, 2.75) is 13.5 Å². The van der Waals surface area contributed by atoms with Gasteiger partial charge in [-0.2, -0.15) is 0 Å². The minimum atomic E-state index is -0.298. The fourth-order valence-corrected chi connectivity index (χ4v) is 3.61. The van der Waals surface area contributed by atoms with Gasteiger partial charge in [0.1, 0.15) is 25.6 Å². The van der Waals surface area contributed by atoms with Crippen molar-refractivity contribution in [2.75, 3.05) is 18.5 Å². The van der Waals surface area contributed by atoms with Gasteiger partial charge in [0, 0.05) is 23.6 Å². The molecule has 0 bridgehead atoms. The zero-order valence-corrected chi connectivity index (χ0v) is 17.8. The van der Waals surface area contributed by atoms with Gasteiger partial charge in [-0.1, -0.05) is 23.7 Å². The molecule has 0 saturated carbocycles. The molecule has 0 saturated heterocycles. The Hall–Kier alpha value is -3.03. The van der Waals surface area contributed by atoms with Crippen molar-refractivity contribution in [3.05, 3.63) is 69.1 Å². The summed E-state index contributed by atoms with van der Waals surface area (Å²) in [6.07, 6.45) is 3.16. The number of anilines is 1. The van der Waals surface area contributed by atoms with E-state index in [0.29, 0.717) is 42.0 Å². The van der Waals surface area contributed by atoms with Crippen molar-refractivity contribution in [1.82, 2.24) is 4.98 Å². The van der Waals surface area contributed by atoms with Gasteiger partial charge in [0.05, 0.1) is 21.4 Å². The molecule has 0 spiro atoms. The van der Waals surface area contributed by atoms with Gasteiger partial charge in [-0.05, 0) is 30.7 Å². The number of rotatable bonds is 6. The second-order valence-electron chi connectivity index (χ2n) is 6.51. The Kier molecular flexibility index (Phi) is 6.21. The van der Waals surface area contributed by atoms with Crippen LogP contribution in [-0.4, -0.2) is 24.1 Å². The molecule has 1 amide bonds. The Balaban J connectivity index is 1.33. The lowest BCUT2D eigenvalue weighted by Crippen LogP contribution is -2.16. The van der Waals surface area contributed by atoms with Gasteiger partial charge >= 0.3 is 0 Å². The van der Waals surface area contributed by atoms with Crippen LogP contribution in [0, 0.1) is 6.92 Å². The quantitative estimate of drug-likeness (QED) is 0.537. The summed E-state index contributed by atoms with van der Waals surface area (Å²) >= 11 is 7.82. The Morgan fingerprint density at radius 3 is 2.67 bits per heavy atom. The fourth-order valence-electron chi connectivity index (χ4n) is 2.81. The van der Waals surface area contributed by atoms with Gasteiger partial charge in [-0.25, -0.2) is 4.98 Å². The van der Waals surface area contributed by atoms with Crippen molar-refractivity contribution >= 4 is 40.6 Å². The topological polar surface area (TPSA) is 69.7 Å². The van der Waals surface area contributed by atoms with Crippen LogP contribution < -0.4 is 19.5 Å². The maximum absolute atomic E-state index is 12.3. The predicted molar refractivity (Wildman–Crippen MR) is 118 cm³/mol. The highest BCUT2D eigenvalue weighted by atomic mass is 35.5. The Bertz CT molecular complexity index is 1080. The number of benzene rings is 2. The summed E-state index contributed by atoms with van der Waals surface area (Å²) in [5, 5.41) is 6.15. The summed E-state index contributed by atoms with van der Waals surface area (Å²) in [5.41, 5.74) is 2.25. The molecule has 0 fully saturated rings. The van der Waals surface area contributed by atoms with Crippen LogP contribution in [0.4, 0.5) is 5.69 Å². The molecule has 0 atom stereocenters. The molecule has 1 aliphatic heterocycles. The number of carbonyl (C=O) groups is 1. The molecule has 30 heavy (non-hydrogen) atoms. The number of hydrogen-bond acceptors (Lipinski definition) is 6. The number of fused-ring (bicyclic) bond motifs is 1. The van der Waals surface area contributed by atoms with E-state index >= 15 is 0 Å². The number of hydrogen-bond donors (Lipinski definition) is 1. The first-order valence-corrected chi connectivity index (χ1v) is 10.5. The highest BCUT2D eigenvalue weighted by Crippen LogP contribution is 2.37. The van der Waals surface area contributed by atoms with Gasteiger partial charge in [0.2, 0.25) is 5.91 Å². The number of amides is 1. The molecule has 154 valence electrons. The van der Waals surface area contributed by atoms with Gasteiger partial charge in [-0.3, -0.25) is 4.79 Å². The molecule has 2 aromatic carbocycles. The highest BCUT2D eigenvalue weighted by molar-refractivity contribution is 7.09. The smallest absolute Gasteiger partial charge is 0.248 e. The van der Waals surface area contributed by atoms with Crippen LogP contribution in [-0.2, 0) is 11.4 Å². The van der Waals surface area contributed by atoms with E-state index < -0.39 is 0 Å². The first kappa shape index (κ1) is 20.3. The summed E-state index contributed by atoms with van der Waals surface area (Å²) in [6, 6.07) is 10.8. The lowest BCUT2D eigenvalue weighted by Gasteiger charge is -2.19. The maximum Gasteiger partial charge on any atom is 0.248 e. The molecule has 0 radical (unpaired) electrons. The van der Waals surface area contributed by atoms with E-state index in [-0.39, 0.29) is 5.91 Å². The number of nitrogens with zero attached hydrogens (tertiary/aromatic N) is 1. The fraction of sp³-hybridized carbons (Fsp3) is 0.182. The third kappa shape index (κ3) is 5.11. The van der Waals surface area contributed by atoms with Crippen molar-refractivity contribution in [3.63, 3.8) is 0 Å². The minimum absolute atomic E-state index is 0.298. The molecular weight excluding hydrogens is 424 g/mol. The van der Waals surface area contributed by atoms with Crippen molar-refractivity contribution in [3.8, 4) is 17.2 Å². The molecule has 3 aromatic rings. The molecule has 8 heteroatoms. The van der Waals surface area contributed by atoms with E-state index in [4.69, 9.17) is 25.8 Å². The second-order valence-corrected chi connectivity index (χ2v) is 7.98. The summed E-state index contributed by atoms with van der Waals surface area (Å²) in [5.74, 6) is 1.58.